The van der Waals surface area contributed by atoms with Crippen LogP contribution in [0, 0.1) is 0 Å². The SMILES string of the molecule is CN1C=C/C(=C\C=C2/SC(=S)N(CCOP(=O)(O)O)C2=O)c2ccccc21. The van der Waals surface area contributed by atoms with E-state index < -0.39 is 7.82 Å². The fourth-order valence-electron chi connectivity index (χ4n) is 2.66. The molecule has 0 unspecified atom stereocenters. The van der Waals surface area contributed by atoms with E-state index in [4.69, 9.17) is 22.0 Å². The van der Waals surface area contributed by atoms with Crippen molar-refractivity contribution in [3.05, 3.63) is 59.2 Å². The van der Waals surface area contributed by atoms with Gasteiger partial charge < -0.3 is 14.7 Å². The van der Waals surface area contributed by atoms with Gasteiger partial charge in [0.1, 0.15) is 4.32 Å². The van der Waals surface area contributed by atoms with E-state index in [0.717, 1.165) is 28.6 Å². The van der Waals surface area contributed by atoms with Gasteiger partial charge in [0.25, 0.3) is 5.91 Å². The molecule has 1 amide bonds. The van der Waals surface area contributed by atoms with Gasteiger partial charge >= 0.3 is 7.82 Å². The number of phosphoric ester groups is 1. The third kappa shape index (κ3) is 4.76. The van der Waals surface area contributed by atoms with Gasteiger partial charge in [-0.05, 0) is 23.8 Å². The number of thiocarbonyl (C=S) groups is 1. The Bertz CT molecular complexity index is 922. The second kappa shape index (κ2) is 8.10. The summed E-state index contributed by atoms with van der Waals surface area (Å²) in [6, 6.07) is 7.96. The van der Waals surface area contributed by atoms with Gasteiger partial charge in [0.05, 0.1) is 18.1 Å². The van der Waals surface area contributed by atoms with Crippen LogP contribution in [-0.4, -0.2) is 45.1 Å². The fraction of sp³-hybridized carbons (Fsp3) is 0.176. The summed E-state index contributed by atoms with van der Waals surface area (Å²) in [6.45, 7) is -0.315. The summed E-state index contributed by atoms with van der Waals surface area (Å²) in [5, 5.41) is 0. The first-order valence-corrected chi connectivity index (χ1v) is 10.7. The first-order valence-electron chi connectivity index (χ1n) is 7.92. The zero-order chi connectivity index (χ0) is 19.6. The lowest BCUT2D eigenvalue weighted by molar-refractivity contribution is -0.122. The summed E-state index contributed by atoms with van der Waals surface area (Å²) < 4.78 is 15.5. The molecule has 0 atom stereocenters. The molecule has 10 heteroatoms. The number of benzene rings is 1. The number of carbonyl (C=O) groups is 1. The smallest absolute Gasteiger partial charge is 0.351 e. The Balaban J connectivity index is 1.76. The highest BCUT2D eigenvalue weighted by molar-refractivity contribution is 8.26. The minimum absolute atomic E-state index is 0.0166. The van der Waals surface area contributed by atoms with Crippen LogP contribution in [0.3, 0.4) is 0 Å². The molecule has 2 aliphatic rings. The monoisotopic (exact) mass is 424 g/mol. The quantitative estimate of drug-likeness (QED) is 0.424. The number of fused-ring (bicyclic) bond motifs is 1. The molecule has 3 rings (SSSR count). The van der Waals surface area contributed by atoms with Crippen LogP contribution >= 0.6 is 31.8 Å². The number of para-hydroxylation sites is 1. The second-order valence-electron chi connectivity index (χ2n) is 5.75. The van der Waals surface area contributed by atoms with E-state index in [9.17, 15) is 9.36 Å². The number of hydrogen-bond acceptors (Lipinski definition) is 6. The number of carbonyl (C=O) groups excluding carboxylic acids is 1. The first-order chi connectivity index (χ1) is 12.8. The van der Waals surface area contributed by atoms with Gasteiger partial charge in [0, 0.05) is 24.5 Å². The summed E-state index contributed by atoms with van der Waals surface area (Å²) in [4.78, 5) is 33.7. The van der Waals surface area contributed by atoms with Crippen LogP contribution in [0.25, 0.3) is 5.57 Å². The number of hydrogen-bond donors (Lipinski definition) is 2. The van der Waals surface area contributed by atoms with Crippen LogP contribution in [-0.2, 0) is 13.9 Å². The topological polar surface area (TPSA) is 90.3 Å². The van der Waals surface area contributed by atoms with Gasteiger partial charge in [-0.2, -0.15) is 0 Å². The van der Waals surface area contributed by atoms with Gasteiger partial charge in [-0.15, -0.1) is 0 Å². The molecule has 0 aliphatic carbocycles. The molecule has 0 bridgehead atoms. The predicted octanol–water partition coefficient (Wildman–Crippen LogP) is 2.89. The highest BCUT2D eigenvalue weighted by atomic mass is 32.2. The van der Waals surface area contributed by atoms with Crippen LogP contribution in [0.1, 0.15) is 5.56 Å². The molecule has 1 saturated heterocycles. The number of amides is 1. The van der Waals surface area contributed by atoms with E-state index in [2.05, 4.69) is 4.52 Å². The van der Waals surface area contributed by atoms with Crippen molar-refractivity contribution in [3.63, 3.8) is 0 Å². The largest absolute Gasteiger partial charge is 0.469 e. The molecule has 0 spiro atoms. The standard InChI is InChI=1S/C17H17N2O5PS2/c1-18-9-8-12(13-4-2-3-5-14(13)18)6-7-15-16(20)19(17(26)27-15)10-11-24-25(21,22)23/h2-9H,10-11H2,1H3,(H2,21,22,23)/b12-6+,15-7-. The molecule has 0 radical (unpaired) electrons. The summed E-state index contributed by atoms with van der Waals surface area (Å²) in [5.74, 6) is -0.304. The zero-order valence-corrected chi connectivity index (χ0v) is 16.8. The van der Waals surface area contributed by atoms with Crippen molar-refractivity contribution in [3.8, 4) is 0 Å². The molecule has 1 aromatic rings. The van der Waals surface area contributed by atoms with Crippen LogP contribution < -0.4 is 4.90 Å². The molecule has 7 nitrogen and oxygen atoms in total. The summed E-state index contributed by atoms with van der Waals surface area (Å²) in [5.41, 5.74) is 3.10. The third-order valence-electron chi connectivity index (χ3n) is 3.93. The van der Waals surface area contributed by atoms with Gasteiger partial charge in [-0.25, -0.2) is 4.57 Å². The van der Waals surface area contributed by atoms with Crippen molar-refractivity contribution >= 4 is 53.3 Å². The van der Waals surface area contributed by atoms with Gasteiger partial charge in [-0.1, -0.05) is 48.3 Å². The molecule has 0 aromatic heterocycles. The number of rotatable bonds is 5. The highest BCUT2D eigenvalue weighted by Crippen LogP contribution is 2.37. The molecular formula is C17H17N2O5PS2. The van der Waals surface area contributed by atoms with Crippen molar-refractivity contribution in [2.24, 2.45) is 0 Å². The Hall–Kier alpha value is -1.74. The Morgan fingerprint density at radius 2 is 2.04 bits per heavy atom. The van der Waals surface area contributed by atoms with Gasteiger partial charge in [0.2, 0.25) is 0 Å². The van der Waals surface area contributed by atoms with Crippen LogP contribution in [0.5, 0.6) is 0 Å². The zero-order valence-electron chi connectivity index (χ0n) is 14.3. The van der Waals surface area contributed by atoms with Crippen molar-refractivity contribution in [2.75, 3.05) is 25.1 Å². The van der Waals surface area contributed by atoms with Gasteiger partial charge in [-0.3, -0.25) is 14.2 Å². The van der Waals surface area contributed by atoms with E-state index in [0.29, 0.717) is 9.23 Å². The minimum Gasteiger partial charge on any atom is -0.351 e. The molecule has 142 valence electrons. The third-order valence-corrected chi connectivity index (χ3v) is 5.85. The average molecular weight is 424 g/mol. The van der Waals surface area contributed by atoms with Gasteiger partial charge in [0.15, 0.2) is 0 Å². The van der Waals surface area contributed by atoms with Crippen LogP contribution in [0.4, 0.5) is 5.69 Å². The van der Waals surface area contributed by atoms with Crippen LogP contribution in [0.2, 0.25) is 0 Å². The first kappa shape index (κ1) is 20.0. The second-order valence-corrected chi connectivity index (χ2v) is 8.66. The van der Waals surface area contributed by atoms with Crippen molar-refractivity contribution in [1.82, 2.24) is 4.90 Å². The van der Waals surface area contributed by atoms with Crippen molar-refractivity contribution < 1.29 is 23.7 Å². The maximum absolute atomic E-state index is 12.5. The fourth-order valence-corrected chi connectivity index (χ4v) is 4.23. The number of allylic oxidation sites excluding steroid dienone is 4. The molecule has 2 heterocycles. The Kier molecular flexibility index (Phi) is 6.00. The Morgan fingerprint density at radius 1 is 1.30 bits per heavy atom. The molecule has 1 fully saturated rings. The lowest BCUT2D eigenvalue weighted by Crippen LogP contribution is -2.31. The Labute approximate surface area is 166 Å². The normalized spacial score (nSPS) is 20.1. The summed E-state index contributed by atoms with van der Waals surface area (Å²) >= 11 is 6.34. The highest BCUT2D eigenvalue weighted by Gasteiger charge is 2.32. The van der Waals surface area contributed by atoms with Crippen LogP contribution in [0.15, 0.2) is 53.6 Å². The summed E-state index contributed by atoms with van der Waals surface area (Å²) in [6.07, 6.45) is 7.49. The maximum atomic E-state index is 12.5. The van der Waals surface area contributed by atoms with E-state index in [1.54, 1.807) is 6.08 Å². The van der Waals surface area contributed by atoms with Crippen molar-refractivity contribution in [2.45, 2.75) is 0 Å². The summed E-state index contributed by atoms with van der Waals surface area (Å²) in [7, 11) is -2.60. The van der Waals surface area contributed by atoms with Crippen molar-refractivity contribution in [1.29, 1.82) is 0 Å². The maximum Gasteiger partial charge on any atom is 0.469 e. The average Bonchev–Trinajstić information content (AvgIpc) is 2.88. The van der Waals surface area contributed by atoms with E-state index in [-0.39, 0.29) is 19.1 Å². The number of thioether (sulfide) groups is 1. The molecular weight excluding hydrogens is 407 g/mol. The number of nitrogens with zero attached hydrogens (tertiary/aromatic N) is 2. The lowest BCUT2D eigenvalue weighted by atomic mass is 10.00. The number of phosphoric acid groups is 1. The van der Waals surface area contributed by atoms with E-state index in [1.807, 2.05) is 54.6 Å². The van der Waals surface area contributed by atoms with E-state index in [1.165, 1.54) is 4.90 Å². The minimum atomic E-state index is -4.57. The van der Waals surface area contributed by atoms with E-state index >= 15 is 0 Å². The lowest BCUT2D eigenvalue weighted by Gasteiger charge is -2.23. The molecule has 2 aliphatic heterocycles. The number of anilines is 1. The predicted molar refractivity (Wildman–Crippen MR) is 110 cm³/mol. The molecule has 2 N–H and O–H groups in total. The Morgan fingerprint density at radius 3 is 2.78 bits per heavy atom. The molecule has 0 saturated carbocycles. The molecule has 27 heavy (non-hydrogen) atoms. The molecule has 1 aromatic carbocycles.